The maximum absolute atomic E-state index is 13.5. The van der Waals surface area contributed by atoms with E-state index >= 15 is 0 Å². The lowest BCUT2D eigenvalue weighted by atomic mass is 9.91. The van der Waals surface area contributed by atoms with Gasteiger partial charge in [0.1, 0.15) is 5.75 Å². The molecule has 0 spiro atoms. The van der Waals surface area contributed by atoms with Gasteiger partial charge in [0.05, 0.1) is 38.7 Å². The van der Waals surface area contributed by atoms with Gasteiger partial charge >= 0.3 is 12.3 Å². The molecule has 0 saturated heterocycles. The van der Waals surface area contributed by atoms with E-state index in [2.05, 4.69) is 4.74 Å². The predicted molar refractivity (Wildman–Crippen MR) is 110 cm³/mol. The summed E-state index contributed by atoms with van der Waals surface area (Å²) >= 11 is 0. The van der Waals surface area contributed by atoms with Crippen LogP contribution in [0.3, 0.4) is 0 Å². The number of hydrogen-bond donors (Lipinski definition) is 0. The Morgan fingerprint density at radius 3 is 2.36 bits per heavy atom. The van der Waals surface area contributed by atoms with Crippen molar-refractivity contribution in [3.63, 3.8) is 0 Å². The number of rotatable bonds is 7. The van der Waals surface area contributed by atoms with Gasteiger partial charge in [0.25, 0.3) is 0 Å². The summed E-state index contributed by atoms with van der Waals surface area (Å²) in [7, 11) is -0.253. The van der Waals surface area contributed by atoms with Gasteiger partial charge in [-0.25, -0.2) is 8.42 Å². The zero-order chi connectivity index (χ0) is 24.4. The number of hydrogen-bond acceptors (Lipinski definition) is 7. The zero-order valence-corrected chi connectivity index (χ0v) is 18.8. The summed E-state index contributed by atoms with van der Waals surface area (Å²) in [6.45, 7) is -0.0170. The Kier molecular flexibility index (Phi) is 7.08. The van der Waals surface area contributed by atoms with Crippen LogP contribution in [0.1, 0.15) is 23.6 Å². The normalized spacial score (nSPS) is 16.6. The lowest BCUT2D eigenvalue weighted by Gasteiger charge is -2.36. The zero-order valence-electron chi connectivity index (χ0n) is 18.0. The van der Waals surface area contributed by atoms with Crippen LogP contribution in [0.15, 0.2) is 41.3 Å². The molecule has 33 heavy (non-hydrogen) atoms. The van der Waals surface area contributed by atoms with Gasteiger partial charge in [-0.15, -0.1) is 13.2 Å². The van der Waals surface area contributed by atoms with Gasteiger partial charge in [0, 0.05) is 12.6 Å². The third-order valence-corrected chi connectivity index (χ3v) is 7.09. The lowest BCUT2D eigenvalue weighted by molar-refractivity contribution is -0.274. The van der Waals surface area contributed by atoms with Crippen LogP contribution in [0.5, 0.6) is 17.2 Å². The van der Waals surface area contributed by atoms with E-state index in [1.165, 1.54) is 21.3 Å². The molecule has 0 aliphatic carbocycles. The van der Waals surface area contributed by atoms with Crippen molar-refractivity contribution >= 4 is 16.0 Å². The predicted octanol–water partition coefficient (Wildman–Crippen LogP) is 3.45. The molecule has 2 aromatic rings. The maximum atomic E-state index is 13.5. The summed E-state index contributed by atoms with van der Waals surface area (Å²) in [6, 6.07) is 6.43. The maximum Gasteiger partial charge on any atom is 0.573 e. The number of alkyl halides is 3. The fourth-order valence-corrected chi connectivity index (χ4v) is 5.35. The number of fused-ring (bicyclic) bond motifs is 1. The Labute approximate surface area is 188 Å². The minimum atomic E-state index is -4.98. The number of nitrogens with zero attached hydrogens (tertiary/aromatic N) is 1. The van der Waals surface area contributed by atoms with Crippen molar-refractivity contribution < 1.29 is 45.3 Å². The second kappa shape index (κ2) is 9.48. The van der Waals surface area contributed by atoms with E-state index in [0.29, 0.717) is 17.1 Å². The van der Waals surface area contributed by atoms with Crippen molar-refractivity contribution in [2.24, 2.45) is 0 Å². The highest BCUT2D eigenvalue weighted by Crippen LogP contribution is 2.42. The molecule has 180 valence electrons. The fraction of sp³-hybridized carbons (Fsp3) is 0.381. The van der Waals surface area contributed by atoms with Crippen molar-refractivity contribution in [2.45, 2.75) is 30.1 Å². The molecule has 1 atom stereocenters. The van der Waals surface area contributed by atoms with Crippen LogP contribution in [0.25, 0.3) is 0 Å². The molecule has 0 radical (unpaired) electrons. The molecule has 1 unspecified atom stereocenters. The van der Waals surface area contributed by atoms with Gasteiger partial charge < -0.3 is 18.9 Å². The first kappa shape index (κ1) is 24.6. The summed E-state index contributed by atoms with van der Waals surface area (Å²) < 4.78 is 85.0. The fourth-order valence-electron chi connectivity index (χ4n) is 3.71. The van der Waals surface area contributed by atoms with E-state index in [-0.39, 0.29) is 19.4 Å². The summed E-state index contributed by atoms with van der Waals surface area (Å²) in [6.07, 6.45) is -5.00. The average Bonchev–Trinajstić information content (AvgIpc) is 2.77. The number of halogens is 3. The van der Waals surface area contributed by atoms with E-state index < -0.39 is 39.0 Å². The first-order valence-corrected chi connectivity index (χ1v) is 11.1. The number of carbonyl (C=O) groups excluding carboxylic acids is 1. The number of ether oxygens (including phenoxy) is 4. The first-order chi connectivity index (χ1) is 15.5. The molecule has 0 aromatic heterocycles. The molecule has 8 nitrogen and oxygen atoms in total. The lowest BCUT2D eigenvalue weighted by Crippen LogP contribution is -2.41. The van der Waals surface area contributed by atoms with Crippen LogP contribution >= 0.6 is 0 Å². The number of methoxy groups -OCH3 is 3. The van der Waals surface area contributed by atoms with Crippen molar-refractivity contribution in [2.75, 3.05) is 27.9 Å². The van der Waals surface area contributed by atoms with Crippen LogP contribution in [-0.2, 0) is 26.0 Å². The van der Waals surface area contributed by atoms with Crippen molar-refractivity contribution in [1.82, 2.24) is 4.31 Å². The van der Waals surface area contributed by atoms with Gasteiger partial charge in [-0.3, -0.25) is 4.79 Å². The van der Waals surface area contributed by atoms with Crippen LogP contribution in [0.4, 0.5) is 13.2 Å². The molecule has 0 saturated carbocycles. The van der Waals surface area contributed by atoms with Gasteiger partial charge in [-0.1, -0.05) is 6.07 Å². The van der Waals surface area contributed by atoms with Gasteiger partial charge in [0.2, 0.25) is 10.0 Å². The quantitative estimate of drug-likeness (QED) is 0.550. The highest BCUT2D eigenvalue weighted by atomic mass is 32.2. The van der Waals surface area contributed by atoms with E-state index in [1.807, 2.05) is 0 Å². The minimum Gasteiger partial charge on any atom is -0.493 e. The van der Waals surface area contributed by atoms with Gasteiger partial charge in [-0.05, 0) is 41.8 Å². The smallest absolute Gasteiger partial charge is 0.493 e. The average molecular weight is 489 g/mol. The summed E-state index contributed by atoms with van der Waals surface area (Å²) in [5, 5.41) is 0. The first-order valence-electron chi connectivity index (χ1n) is 9.69. The standard InChI is InChI=1S/C21H22F3NO7S/c1-29-18-9-13-7-8-25(17(12-20(26)31-3)16(13)11-19(18)30-2)33(27,28)15-6-4-5-14(10-15)32-21(22,23)24/h4-6,9-11,17H,7-8,12H2,1-3H3. The second-order valence-corrected chi connectivity index (χ2v) is 8.98. The molecule has 12 heteroatoms. The molecule has 1 aliphatic heterocycles. The summed E-state index contributed by atoms with van der Waals surface area (Å²) in [5.74, 6) is -0.541. The topological polar surface area (TPSA) is 91.4 Å². The molecule has 1 aliphatic rings. The largest absolute Gasteiger partial charge is 0.573 e. The van der Waals surface area contributed by atoms with Crippen molar-refractivity contribution in [3.8, 4) is 17.2 Å². The Morgan fingerprint density at radius 1 is 1.09 bits per heavy atom. The Morgan fingerprint density at radius 2 is 1.76 bits per heavy atom. The molecule has 0 amide bonds. The second-order valence-electron chi connectivity index (χ2n) is 7.09. The molecule has 2 aromatic carbocycles. The Hall–Kier alpha value is -2.99. The molecule has 0 bridgehead atoms. The molecule has 1 heterocycles. The van der Waals surface area contributed by atoms with Crippen LogP contribution in [0, 0.1) is 0 Å². The molecular formula is C21H22F3NO7S. The van der Waals surface area contributed by atoms with Gasteiger partial charge in [-0.2, -0.15) is 4.31 Å². The number of benzene rings is 2. The highest BCUT2D eigenvalue weighted by molar-refractivity contribution is 7.89. The molecule has 0 fully saturated rings. The number of sulfonamides is 1. The summed E-state index contributed by atoms with van der Waals surface area (Å²) in [5.41, 5.74) is 1.26. The monoisotopic (exact) mass is 489 g/mol. The van der Waals surface area contributed by atoms with Crippen LogP contribution in [-0.4, -0.2) is 52.9 Å². The SMILES string of the molecule is COC(=O)CC1c2cc(OC)c(OC)cc2CCN1S(=O)(=O)c1cccc(OC(F)(F)F)c1. The van der Waals surface area contributed by atoms with E-state index in [1.54, 1.807) is 12.1 Å². The Balaban J connectivity index is 2.08. The molecule has 0 N–H and O–H groups in total. The number of carbonyl (C=O) groups is 1. The third kappa shape index (κ3) is 5.33. The molecular weight excluding hydrogens is 467 g/mol. The number of esters is 1. The van der Waals surface area contributed by atoms with Crippen molar-refractivity contribution in [3.05, 3.63) is 47.5 Å². The van der Waals surface area contributed by atoms with E-state index in [9.17, 15) is 26.4 Å². The van der Waals surface area contributed by atoms with E-state index in [4.69, 9.17) is 14.2 Å². The molecule has 3 rings (SSSR count). The van der Waals surface area contributed by atoms with Crippen LogP contribution in [0.2, 0.25) is 0 Å². The Bertz CT molecular complexity index is 1140. The third-order valence-electron chi connectivity index (χ3n) is 5.19. The summed E-state index contributed by atoms with van der Waals surface area (Å²) in [4.78, 5) is 11.7. The van der Waals surface area contributed by atoms with E-state index in [0.717, 1.165) is 34.1 Å². The van der Waals surface area contributed by atoms with Crippen LogP contribution < -0.4 is 14.2 Å². The minimum absolute atomic E-state index is 0.0170. The van der Waals surface area contributed by atoms with Gasteiger partial charge in [0.15, 0.2) is 11.5 Å². The highest BCUT2D eigenvalue weighted by Gasteiger charge is 2.39. The van der Waals surface area contributed by atoms with Crippen molar-refractivity contribution in [1.29, 1.82) is 0 Å².